The second kappa shape index (κ2) is 3.11. The van der Waals surface area contributed by atoms with E-state index in [0.717, 1.165) is 12.0 Å². The zero-order valence-corrected chi connectivity index (χ0v) is 7.34. The number of likely N-dealkylation sites (tertiary alicyclic amines) is 1. The highest BCUT2D eigenvalue weighted by Crippen LogP contribution is 2.20. The van der Waals surface area contributed by atoms with E-state index in [1.807, 2.05) is 0 Å². The summed E-state index contributed by atoms with van der Waals surface area (Å²) in [6.45, 7) is 3.87. The zero-order chi connectivity index (χ0) is 7.68. The van der Waals surface area contributed by atoms with E-state index in [-0.39, 0.29) is 0 Å². The molecule has 0 aromatic heterocycles. The molecule has 1 saturated carbocycles. The highest BCUT2D eigenvalue weighted by molar-refractivity contribution is 4.83. The second-order valence-corrected chi connectivity index (χ2v) is 4.10. The van der Waals surface area contributed by atoms with E-state index < -0.39 is 0 Å². The van der Waals surface area contributed by atoms with Gasteiger partial charge in [0.15, 0.2) is 0 Å². The van der Waals surface area contributed by atoms with Gasteiger partial charge in [0.1, 0.15) is 0 Å². The van der Waals surface area contributed by atoms with Crippen LogP contribution in [0.25, 0.3) is 0 Å². The Morgan fingerprint density at radius 3 is 2.73 bits per heavy atom. The molecule has 0 bridgehead atoms. The van der Waals surface area contributed by atoms with Crippen LogP contribution >= 0.6 is 0 Å². The molecular weight excluding hydrogens is 136 g/mol. The molecule has 0 unspecified atom stereocenters. The third kappa shape index (κ3) is 2.17. The van der Waals surface area contributed by atoms with Crippen LogP contribution in [0.5, 0.6) is 0 Å². The molecule has 0 spiro atoms. The Kier molecular flexibility index (Phi) is 2.14. The molecule has 1 saturated heterocycles. The maximum absolute atomic E-state index is 3.59. The van der Waals surface area contributed by atoms with Gasteiger partial charge < -0.3 is 10.2 Å². The Labute approximate surface area is 69.0 Å². The number of hydrogen-bond acceptors (Lipinski definition) is 2. The van der Waals surface area contributed by atoms with Gasteiger partial charge in [-0.3, -0.25) is 0 Å². The Balaban J connectivity index is 1.62. The van der Waals surface area contributed by atoms with Gasteiger partial charge in [0.05, 0.1) is 0 Å². The van der Waals surface area contributed by atoms with Crippen LogP contribution < -0.4 is 5.32 Å². The van der Waals surface area contributed by atoms with Gasteiger partial charge in [0.2, 0.25) is 0 Å². The standard InChI is InChI=1S/C9H18N2/c1-11-5-4-8(7-11)6-10-9-2-3-9/h8-10H,2-7H2,1H3/t8-/m1/s1. The summed E-state index contributed by atoms with van der Waals surface area (Å²) in [7, 11) is 2.22. The summed E-state index contributed by atoms with van der Waals surface area (Å²) >= 11 is 0. The summed E-state index contributed by atoms with van der Waals surface area (Å²) in [5.41, 5.74) is 0. The largest absolute Gasteiger partial charge is 0.314 e. The average Bonchev–Trinajstić information content (AvgIpc) is 2.72. The van der Waals surface area contributed by atoms with Crippen molar-refractivity contribution < 1.29 is 0 Å². The Morgan fingerprint density at radius 1 is 1.36 bits per heavy atom. The minimum Gasteiger partial charge on any atom is -0.314 e. The summed E-state index contributed by atoms with van der Waals surface area (Å²) < 4.78 is 0. The quantitative estimate of drug-likeness (QED) is 0.643. The highest BCUT2D eigenvalue weighted by atomic mass is 15.1. The van der Waals surface area contributed by atoms with Gasteiger partial charge >= 0.3 is 0 Å². The number of nitrogens with one attached hydrogen (secondary N) is 1. The first-order valence-corrected chi connectivity index (χ1v) is 4.76. The van der Waals surface area contributed by atoms with Crippen LogP contribution in [0.2, 0.25) is 0 Å². The summed E-state index contributed by atoms with van der Waals surface area (Å²) in [6, 6.07) is 0.890. The molecule has 0 amide bonds. The van der Waals surface area contributed by atoms with Crippen LogP contribution in [0, 0.1) is 5.92 Å². The first-order valence-electron chi connectivity index (χ1n) is 4.76. The van der Waals surface area contributed by atoms with Crippen LogP contribution in [0.15, 0.2) is 0 Å². The van der Waals surface area contributed by atoms with Crippen molar-refractivity contribution >= 4 is 0 Å². The molecule has 1 aliphatic carbocycles. The first-order chi connectivity index (χ1) is 5.34. The smallest absolute Gasteiger partial charge is 0.00683 e. The highest BCUT2D eigenvalue weighted by Gasteiger charge is 2.24. The molecule has 2 nitrogen and oxygen atoms in total. The van der Waals surface area contributed by atoms with E-state index in [4.69, 9.17) is 0 Å². The van der Waals surface area contributed by atoms with Crippen molar-refractivity contribution in [2.75, 3.05) is 26.7 Å². The fourth-order valence-electron chi connectivity index (χ4n) is 1.81. The van der Waals surface area contributed by atoms with Crippen molar-refractivity contribution in [3.05, 3.63) is 0 Å². The molecule has 0 radical (unpaired) electrons. The third-order valence-corrected chi connectivity index (χ3v) is 2.76. The lowest BCUT2D eigenvalue weighted by atomic mass is 10.1. The number of hydrogen-bond donors (Lipinski definition) is 1. The molecule has 2 aliphatic rings. The molecule has 1 N–H and O–H groups in total. The molecule has 0 aromatic carbocycles. The van der Waals surface area contributed by atoms with Crippen LogP contribution in [0.4, 0.5) is 0 Å². The molecule has 1 heterocycles. The van der Waals surface area contributed by atoms with Gasteiger partial charge in [-0.15, -0.1) is 0 Å². The summed E-state index contributed by atoms with van der Waals surface area (Å²) in [4.78, 5) is 2.43. The van der Waals surface area contributed by atoms with E-state index in [1.54, 1.807) is 0 Å². The normalized spacial score (nSPS) is 33.0. The van der Waals surface area contributed by atoms with E-state index in [9.17, 15) is 0 Å². The molecule has 2 fully saturated rings. The van der Waals surface area contributed by atoms with E-state index >= 15 is 0 Å². The molecular formula is C9H18N2. The predicted octanol–water partition coefficient (Wildman–Crippen LogP) is 0.690. The maximum Gasteiger partial charge on any atom is 0.00683 e. The van der Waals surface area contributed by atoms with Gasteiger partial charge in [-0.1, -0.05) is 0 Å². The van der Waals surface area contributed by atoms with Gasteiger partial charge in [-0.2, -0.15) is 0 Å². The fraction of sp³-hybridized carbons (Fsp3) is 1.00. The van der Waals surface area contributed by atoms with Gasteiger partial charge in [0.25, 0.3) is 0 Å². The number of nitrogens with zero attached hydrogens (tertiary/aromatic N) is 1. The monoisotopic (exact) mass is 154 g/mol. The molecule has 1 aliphatic heterocycles. The second-order valence-electron chi connectivity index (χ2n) is 4.10. The van der Waals surface area contributed by atoms with E-state index in [1.165, 1.54) is 38.9 Å². The first kappa shape index (κ1) is 7.56. The van der Waals surface area contributed by atoms with Crippen molar-refractivity contribution in [3.63, 3.8) is 0 Å². The Bertz CT molecular complexity index is 132. The van der Waals surface area contributed by atoms with Crippen molar-refractivity contribution in [1.29, 1.82) is 0 Å². The Morgan fingerprint density at radius 2 is 2.18 bits per heavy atom. The molecule has 11 heavy (non-hydrogen) atoms. The van der Waals surface area contributed by atoms with Gasteiger partial charge in [-0.25, -0.2) is 0 Å². The average molecular weight is 154 g/mol. The van der Waals surface area contributed by atoms with Gasteiger partial charge in [-0.05, 0) is 45.3 Å². The van der Waals surface area contributed by atoms with Crippen molar-refractivity contribution in [1.82, 2.24) is 10.2 Å². The summed E-state index contributed by atoms with van der Waals surface area (Å²) in [5.74, 6) is 0.931. The minimum absolute atomic E-state index is 0.890. The Hall–Kier alpha value is -0.0800. The van der Waals surface area contributed by atoms with Crippen molar-refractivity contribution in [3.8, 4) is 0 Å². The lowest BCUT2D eigenvalue weighted by Gasteiger charge is -2.10. The minimum atomic E-state index is 0.890. The van der Waals surface area contributed by atoms with Crippen molar-refractivity contribution in [2.45, 2.75) is 25.3 Å². The fourth-order valence-corrected chi connectivity index (χ4v) is 1.81. The van der Waals surface area contributed by atoms with E-state index in [0.29, 0.717) is 0 Å². The predicted molar refractivity (Wildman–Crippen MR) is 46.6 cm³/mol. The summed E-state index contributed by atoms with van der Waals surface area (Å²) in [6.07, 6.45) is 4.24. The zero-order valence-electron chi connectivity index (χ0n) is 7.34. The molecule has 64 valence electrons. The molecule has 2 heteroatoms. The topological polar surface area (TPSA) is 15.3 Å². The van der Waals surface area contributed by atoms with Gasteiger partial charge in [0, 0.05) is 12.6 Å². The molecule has 0 aromatic rings. The van der Waals surface area contributed by atoms with Crippen LogP contribution in [0.1, 0.15) is 19.3 Å². The van der Waals surface area contributed by atoms with Crippen LogP contribution in [-0.4, -0.2) is 37.6 Å². The lowest BCUT2D eigenvalue weighted by molar-refractivity contribution is 0.388. The maximum atomic E-state index is 3.59. The molecule has 2 rings (SSSR count). The van der Waals surface area contributed by atoms with E-state index in [2.05, 4.69) is 17.3 Å². The summed E-state index contributed by atoms with van der Waals surface area (Å²) in [5, 5.41) is 3.59. The van der Waals surface area contributed by atoms with Crippen molar-refractivity contribution in [2.24, 2.45) is 5.92 Å². The third-order valence-electron chi connectivity index (χ3n) is 2.76. The number of rotatable bonds is 3. The SMILES string of the molecule is CN1CC[C@H](CNC2CC2)C1. The van der Waals surface area contributed by atoms with Crippen LogP contribution in [0.3, 0.4) is 0 Å². The lowest BCUT2D eigenvalue weighted by Crippen LogP contribution is -2.26. The van der Waals surface area contributed by atoms with Crippen LogP contribution in [-0.2, 0) is 0 Å². The molecule has 1 atom stereocenters.